The zero-order chi connectivity index (χ0) is 12.4. The molecule has 0 fully saturated rings. The summed E-state index contributed by atoms with van der Waals surface area (Å²) in [6.07, 6.45) is 5.57. The van der Waals surface area contributed by atoms with Crippen LogP contribution in [0.3, 0.4) is 0 Å². The summed E-state index contributed by atoms with van der Waals surface area (Å²) in [6, 6.07) is 7.89. The molecule has 0 radical (unpaired) electrons. The van der Waals surface area contributed by atoms with Crippen molar-refractivity contribution in [3.05, 3.63) is 42.5 Å². The second-order valence-electron chi connectivity index (χ2n) is 4.24. The molecule has 4 heteroatoms. The van der Waals surface area contributed by atoms with Gasteiger partial charge in [0.2, 0.25) is 0 Å². The van der Waals surface area contributed by atoms with Gasteiger partial charge in [-0.15, -0.1) is 0 Å². The minimum absolute atomic E-state index is 0.742. The minimum atomic E-state index is 0.742. The smallest absolute Gasteiger partial charge is 0.159 e. The highest BCUT2D eigenvalue weighted by Crippen LogP contribution is 2.20. The number of rotatable bonds is 3. The SMILES string of the molecule is CCCc1nc2ccc(-c3ncccn3)cc2[nH]1. The Morgan fingerprint density at radius 3 is 2.78 bits per heavy atom. The van der Waals surface area contributed by atoms with Crippen LogP contribution in [0.5, 0.6) is 0 Å². The number of nitrogens with zero attached hydrogens (tertiary/aromatic N) is 3. The summed E-state index contributed by atoms with van der Waals surface area (Å²) in [6.45, 7) is 2.15. The largest absolute Gasteiger partial charge is 0.342 e. The molecule has 1 aromatic carbocycles. The number of aryl methyl sites for hydroxylation is 1. The normalized spacial score (nSPS) is 10.9. The standard InChI is InChI=1S/C14H14N4/c1-2-4-13-17-11-6-5-10(9-12(11)18-13)14-15-7-3-8-16-14/h3,5-9H,2,4H2,1H3,(H,17,18). The fourth-order valence-electron chi connectivity index (χ4n) is 2.00. The summed E-state index contributed by atoms with van der Waals surface area (Å²) in [5.41, 5.74) is 3.05. The van der Waals surface area contributed by atoms with Crippen molar-refractivity contribution in [2.45, 2.75) is 19.8 Å². The molecule has 18 heavy (non-hydrogen) atoms. The first kappa shape index (κ1) is 10.9. The van der Waals surface area contributed by atoms with Crippen molar-refractivity contribution in [3.63, 3.8) is 0 Å². The van der Waals surface area contributed by atoms with E-state index in [1.807, 2.05) is 18.2 Å². The van der Waals surface area contributed by atoms with Gasteiger partial charge in [0.05, 0.1) is 11.0 Å². The number of hydrogen-bond donors (Lipinski definition) is 1. The lowest BCUT2D eigenvalue weighted by atomic mass is 10.2. The van der Waals surface area contributed by atoms with Crippen molar-refractivity contribution in [1.82, 2.24) is 19.9 Å². The second kappa shape index (κ2) is 4.56. The molecular formula is C14H14N4. The number of H-pyrrole nitrogens is 1. The molecule has 1 N–H and O–H groups in total. The molecule has 0 saturated heterocycles. The lowest BCUT2D eigenvalue weighted by Crippen LogP contribution is -1.86. The van der Waals surface area contributed by atoms with Gasteiger partial charge < -0.3 is 4.98 Å². The zero-order valence-electron chi connectivity index (χ0n) is 10.2. The highest BCUT2D eigenvalue weighted by molar-refractivity contribution is 5.80. The van der Waals surface area contributed by atoms with Crippen molar-refractivity contribution < 1.29 is 0 Å². The van der Waals surface area contributed by atoms with E-state index in [1.165, 1.54) is 0 Å². The molecule has 90 valence electrons. The van der Waals surface area contributed by atoms with Gasteiger partial charge in [0.1, 0.15) is 5.82 Å². The van der Waals surface area contributed by atoms with Gasteiger partial charge in [0.15, 0.2) is 5.82 Å². The monoisotopic (exact) mass is 238 g/mol. The van der Waals surface area contributed by atoms with Gasteiger partial charge in [-0.1, -0.05) is 6.92 Å². The summed E-state index contributed by atoms with van der Waals surface area (Å²) in [5, 5.41) is 0. The number of fused-ring (bicyclic) bond motifs is 1. The van der Waals surface area contributed by atoms with Gasteiger partial charge >= 0.3 is 0 Å². The first-order chi connectivity index (χ1) is 8.86. The van der Waals surface area contributed by atoms with Crippen molar-refractivity contribution in [2.24, 2.45) is 0 Å². The van der Waals surface area contributed by atoms with E-state index in [-0.39, 0.29) is 0 Å². The van der Waals surface area contributed by atoms with Gasteiger partial charge in [0, 0.05) is 24.4 Å². The first-order valence-corrected chi connectivity index (χ1v) is 6.13. The predicted molar refractivity (Wildman–Crippen MR) is 71.1 cm³/mol. The summed E-state index contributed by atoms with van der Waals surface area (Å²) in [5.74, 6) is 1.78. The topological polar surface area (TPSA) is 54.5 Å². The number of benzene rings is 1. The van der Waals surface area contributed by atoms with E-state index < -0.39 is 0 Å². The second-order valence-corrected chi connectivity index (χ2v) is 4.24. The van der Waals surface area contributed by atoms with Gasteiger partial charge in [-0.25, -0.2) is 15.0 Å². The predicted octanol–water partition coefficient (Wildman–Crippen LogP) is 2.97. The van der Waals surface area contributed by atoms with Crippen LogP contribution in [-0.2, 0) is 6.42 Å². The summed E-state index contributed by atoms with van der Waals surface area (Å²) in [4.78, 5) is 16.4. The van der Waals surface area contributed by atoms with Crippen LogP contribution in [-0.4, -0.2) is 19.9 Å². The Morgan fingerprint density at radius 2 is 2.00 bits per heavy atom. The zero-order valence-corrected chi connectivity index (χ0v) is 10.2. The maximum absolute atomic E-state index is 4.54. The number of aromatic nitrogens is 4. The molecule has 0 aliphatic heterocycles. The van der Waals surface area contributed by atoms with Gasteiger partial charge in [0.25, 0.3) is 0 Å². The van der Waals surface area contributed by atoms with E-state index >= 15 is 0 Å². The van der Waals surface area contributed by atoms with Crippen LogP contribution in [0.25, 0.3) is 22.4 Å². The fraction of sp³-hybridized carbons (Fsp3) is 0.214. The average molecular weight is 238 g/mol. The van der Waals surface area contributed by atoms with Gasteiger partial charge in [-0.2, -0.15) is 0 Å². The third kappa shape index (κ3) is 1.97. The van der Waals surface area contributed by atoms with Crippen LogP contribution in [0.1, 0.15) is 19.2 Å². The highest BCUT2D eigenvalue weighted by atomic mass is 14.9. The molecule has 0 aliphatic rings. The third-order valence-corrected chi connectivity index (χ3v) is 2.84. The Balaban J connectivity index is 2.05. The molecule has 3 rings (SSSR count). The van der Waals surface area contributed by atoms with E-state index in [9.17, 15) is 0 Å². The molecule has 0 aliphatic carbocycles. The summed E-state index contributed by atoms with van der Waals surface area (Å²) < 4.78 is 0. The van der Waals surface area contributed by atoms with Crippen molar-refractivity contribution >= 4 is 11.0 Å². The third-order valence-electron chi connectivity index (χ3n) is 2.84. The van der Waals surface area contributed by atoms with Crippen LogP contribution < -0.4 is 0 Å². The molecule has 0 unspecified atom stereocenters. The van der Waals surface area contributed by atoms with E-state index in [2.05, 4.69) is 32.9 Å². The molecular weight excluding hydrogens is 224 g/mol. The summed E-state index contributed by atoms with van der Waals surface area (Å²) >= 11 is 0. The molecule has 0 spiro atoms. The molecule has 3 aromatic rings. The Morgan fingerprint density at radius 1 is 1.17 bits per heavy atom. The van der Waals surface area contributed by atoms with Crippen LogP contribution in [0, 0.1) is 0 Å². The Hall–Kier alpha value is -2.23. The molecule has 0 atom stereocenters. The van der Waals surface area contributed by atoms with E-state index in [0.29, 0.717) is 0 Å². The molecule has 4 nitrogen and oxygen atoms in total. The number of hydrogen-bond acceptors (Lipinski definition) is 3. The molecule has 2 aromatic heterocycles. The van der Waals surface area contributed by atoms with Crippen molar-refractivity contribution in [3.8, 4) is 11.4 Å². The van der Waals surface area contributed by atoms with Crippen LogP contribution in [0.2, 0.25) is 0 Å². The van der Waals surface area contributed by atoms with Crippen LogP contribution in [0.4, 0.5) is 0 Å². The molecule has 2 heterocycles. The maximum atomic E-state index is 4.54. The maximum Gasteiger partial charge on any atom is 0.159 e. The Labute approximate surface area is 105 Å². The highest BCUT2D eigenvalue weighted by Gasteiger charge is 2.05. The van der Waals surface area contributed by atoms with Gasteiger partial charge in [-0.3, -0.25) is 0 Å². The minimum Gasteiger partial charge on any atom is -0.342 e. The summed E-state index contributed by atoms with van der Waals surface area (Å²) in [7, 11) is 0. The quantitative estimate of drug-likeness (QED) is 0.763. The molecule has 0 saturated carbocycles. The first-order valence-electron chi connectivity index (χ1n) is 6.13. The molecule has 0 bridgehead atoms. The fourth-order valence-corrected chi connectivity index (χ4v) is 2.00. The van der Waals surface area contributed by atoms with E-state index in [1.54, 1.807) is 12.4 Å². The number of nitrogens with one attached hydrogen (secondary N) is 1. The Bertz CT molecular complexity index is 658. The molecule has 0 amide bonds. The van der Waals surface area contributed by atoms with Crippen molar-refractivity contribution in [2.75, 3.05) is 0 Å². The lowest BCUT2D eigenvalue weighted by Gasteiger charge is -1.98. The van der Waals surface area contributed by atoms with Crippen molar-refractivity contribution in [1.29, 1.82) is 0 Å². The van der Waals surface area contributed by atoms with Gasteiger partial charge in [-0.05, 0) is 30.7 Å². The van der Waals surface area contributed by atoms with Crippen LogP contribution in [0.15, 0.2) is 36.7 Å². The number of imidazole rings is 1. The lowest BCUT2D eigenvalue weighted by molar-refractivity contribution is 0.861. The van der Waals surface area contributed by atoms with E-state index in [4.69, 9.17) is 0 Å². The average Bonchev–Trinajstić information content (AvgIpc) is 2.81. The van der Waals surface area contributed by atoms with E-state index in [0.717, 1.165) is 41.1 Å². The Kier molecular flexibility index (Phi) is 2.76. The number of aromatic amines is 1. The van der Waals surface area contributed by atoms with Crippen LogP contribution >= 0.6 is 0 Å².